The molecule has 3 aromatic carbocycles. The molecule has 1 atom stereocenters. The lowest BCUT2D eigenvalue weighted by molar-refractivity contribution is 0.408. The van der Waals surface area contributed by atoms with Crippen molar-refractivity contribution in [1.29, 1.82) is 0 Å². The topological polar surface area (TPSA) is 87.5 Å². The number of aromatic amines is 1. The fourth-order valence-corrected chi connectivity index (χ4v) is 5.62. The average molecular weight is 498 g/mol. The molecule has 0 aliphatic carbocycles. The second-order valence-corrected chi connectivity index (χ2v) is 10.4. The van der Waals surface area contributed by atoms with Gasteiger partial charge in [-0.3, -0.25) is 19.3 Å². The van der Waals surface area contributed by atoms with Crippen molar-refractivity contribution in [2.75, 3.05) is 0 Å². The predicted molar refractivity (Wildman–Crippen MR) is 145 cm³/mol. The number of rotatable bonds is 5. The van der Waals surface area contributed by atoms with Crippen LogP contribution < -0.4 is 11.2 Å². The Kier molecular flexibility index (Phi) is 6.65. The Labute approximate surface area is 213 Å². The largest absolute Gasteiger partial charge is 0.494 e. The van der Waals surface area contributed by atoms with Crippen molar-refractivity contribution < 1.29 is 5.11 Å². The molecule has 0 saturated carbocycles. The molecule has 5 rings (SSSR count). The van der Waals surface area contributed by atoms with E-state index in [0.29, 0.717) is 18.1 Å². The van der Waals surface area contributed by atoms with Gasteiger partial charge in [0, 0.05) is 16.6 Å². The zero-order valence-corrected chi connectivity index (χ0v) is 21.0. The van der Waals surface area contributed by atoms with Crippen LogP contribution in [0.1, 0.15) is 53.7 Å². The molecular weight excluding hydrogens is 470 g/mol. The van der Waals surface area contributed by atoms with Gasteiger partial charge in [0.2, 0.25) is 5.88 Å². The Morgan fingerprint density at radius 1 is 1.00 bits per heavy atom. The summed E-state index contributed by atoms with van der Waals surface area (Å²) in [4.78, 5) is 33.9. The van der Waals surface area contributed by atoms with Crippen LogP contribution in [-0.4, -0.2) is 20.4 Å². The molecule has 0 fully saturated rings. The highest BCUT2D eigenvalue weighted by atomic mass is 32.2. The number of aliphatic imine (C=N–C) groups is 1. The fourth-order valence-electron chi connectivity index (χ4n) is 4.38. The lowest BCUT2D eigenvalue weighted by atomic mass is 9.98. The quantitative estimate of drug-likeness (QED) is 0.366. The first kappa shape index (κ1) is 23.9. The molecule has 0 saturated heterocycles. The SMILES string of the molecule is CC(C)c1ccc([C@@H]2CC(c3c(O)n(Cc4ccccc4)c(=O)[nH]c3=O)=Nc3ccccc3S2)cc1. The van der Waals surface area contributed by atoms with Gasteiger partial charge in [0.1, 0.15) is 5.56 Å². The van der Waals surface area contributed by atoms with Gasteiger partial charge in [0.25, 0.3) is 5.56 Å². The number of fused-ring (bicyclic) bond motifs is 1. The molecule has 0 spiro atoms. The van der Waals surface area contributed by atoms with E-state index in [2.05, 4.69) is 43.1 Å². The first-order valence-electron chi connectivity index (χ1n) is 11.9. The van der Waals surface area contributed by atoms with Crippen LogP contribution in [-0.2, 0) is 6.54 Å². The lowest BCUT2D eigenvalue weighted by Gasteiger charge is -2.18. The Morgan fingerprint density at radius 3 is 2.42 bits per heavy atom. The molecule has 2 heterocycles. The van der Waals surface area contributed by atoms with E-state index >= 15 is 0 Å². The fraction of sp³-hybridized carbons (Fsp3) is 0.207. The average Bonchev–Trinajstić information content (AvgIpc) is 3.07. The Bertz CT molecular complexity index is 1540. The molecule has 1 aromatic heterocycles. The Morgan fingerprint density at radius 2 is 1.69 bits per heavy atom. The number of para-hydroxylation sites is 1. The van der Waals surface area contributed by atoms with Crippen LogP contribution in [0.25, 0.3) is 0 Å². The number of aromatic hydroxyl groups is 1. The van der Waals surface area contributed by atoms with Gasteiger partial charge in [-0.05, 0) is 34.7 Å². The number of nitrogens with one attached hydrogen (secondary N) is 1. The van der Waals surface area contributed by atoms with Gasteiger partial charge in [-0.2, -0.15) is 0 Å². The molecule has 7 heteroatoms. The molecule has 0 radical (unpaired) electrons. The van der Waals surface area contributed by atoms with Crippen LogP contribution in [0.15, 0.2) is 98.3 Å². The normalized spacial score (nSPS) is 15.3. The molecular formula is C29H27N3O3S. The molecule has 2 N–H and O–H groups in total. The van der Waals surface area contributed by atoms with Crippen LogP contribution >= 0.6 is 11.8 Å². The predicted octanol–water partition coefficient (Wildman–Crippen LogP) is 5.77. The zero-order chi connectivity index (χ0) is 25.2. The van der Waals surface area contributed by atoms with Gasteiger partial charge in [0.15, 0.2) is 0 Å². The van der Waals surface area contributed by atoms with E-state index in [4.69, 9.17) is 4.99 Å². The van der Waals surface area contributed by atoms with E-state index in [-0.39, 0.29) is 23.2 Å². The molecule has 1 aliphatic heterocycles. The van der Waals surface area contributed by atoms with E-state index in [1.807, 2.05) is 54.6 Å². The first-order valence-corrected chi connectivity index (χ1v) is 12.8. The summed E-state index contributed by atoms with van der Waals surface area (Å²) in [5.74, 6) is 0.0597. The maximum absolute atomic E-state index is 13.0. The highest BCUT2D eigenvalue weighted by Gasteiger charge is 2.27. The molecule has 36 heavy (non-hydrogen) atoms. The highest BCUT2D eigenvalue weighted by Crippen LogP contribution is 2.45. The molecule has 0 bridgehead atoms. The summed E-state index contributed by atoms with van der Waals surface area (Å²) in [5, 5.41) is 11.2. The Balaban J connectivity index is 1.61. The number of aromatic nitrogens is 2. The molecule has 0 unspecified atom stereocenters. The van der Waals surface area contributed by atoms with Crippen LogP contribution in [0.4, 0.5) is 5.69 Å². The summed E-state index contributed by atoms with van der Waals surface area (Å²) >= 11 is 1.69. The molecule has 4 aromatic rings. The maximum Gasteiger partial charge on any atom is 0.331 e. The van der Waals surface area contributed by atoms with E-state index in [0.717, 1.165) is 21.7 Å². The standard InChI is InChI=1S/C29H27N3O3S/c1-18(2)20-12-14-21(15-13-20)25-16-23(30-22-10-6-7-11-24(22)36-25)26-27(33)31-29(35)32(28(26)34)17-19-8-4-3-5-9-19/h3-15,18,25,34H,16-17H2,1-2H3,(H,31,33,35)/t25-/m0/s1. The molecule has 182 valence electrons. The minimum absolute atomic E-state index is 0.0260. The molecule has 6 nitrogen and oxygen atoms in total. The van der Waals surface area contributed by atoms with E-state index in [9.17, 15) is 14.7 Å². The monoisotopic (exact) mass is 497 g/mol. The summed E-state index contributed by atoms with van der Waals surface area (Å²) in [6.45, 7) is 4.46. The van der Waals surface area contributed by atoms with E-state index < -0.39 is 11.2 Å². The van der Waals surface area contributed by atoms with Crippen molar-refractivity contribution in [3.8, 4) is 5.88 Å². The summed E-state index contributed by atoms with van der Waals surface area (Å²) in [7, 11) is 0. The second-order valence-electron chi connectivity index (χ2n) is 9.19. The molecule has 1 aliphatic rings. The Hall–Kier alpha value is -3.84. The van der Waals surface area contributed by atoms with Crippen LogP contribution in [0, 0.1) is 0 Å². The van der Waals surface area contributed by atoms with Gasteiger partial charge in [-0.25, -0.2) is 4.79 Å². The number of H-pyrrole nitrogens is 1. The van der Waals surface area contributed by atoms with Crippen molar-refractivity contribution in [2.45, 2.75) is 42.9 Å². The highest BCUT2D eigenvalue weighted by molar-refractivity contribution is 7.99. The van der Waals surface area contributed by atoms with E-state index in [1.165, 1.54) is 10.1 Å². The number of hydrogen-bond donors (Lipinski definition) is 2. The molecule has 0 amide bonds. The van der Waals surface area contributed by atoms with Crippen molar-refractivity contribution >= 4 is 23.2 Å². The summed E-state index contributed by atoms with van der Waals surface area (Å²) in [5.41, 5.74) is 3.13. The minimum Gasteiger partial charge on any atom is -0.494 e. The number of nitrogens with zero attached hydrogens (tertiary/aromatic N) is 2. The maximum atomic E-state index is 13.0. The third-order valence-corrected chi connectivity index (χ3v) is 7.71. The first-order chi connectivity index (χ1) is 17.4. The number of thioether (sulfide) groups is 1. The summed E-state index contributed by atoms with van der Waals surface area (Å²) in [6.07, 6.45) is 0.417. The number of hydrogen-bond acceptors (Lipinski definition) is 5. The van der Waals surface area contributed by atoms with E-state index in [1.54, 1.807) is 11.8 Å². The van der Waals surface area contributed by atoms with Crippen LogP contribution in [0.5, 0.6) is 5.88 Å². The van der Waals surface area contributed by atoms with Crippen molar-refractivity contribution in [1.82, 2.24) is 9.55 Å². The van der Waals surface area contributed by atoms with Crippen molar-refractivity contribution in [2.24, 2.45) is 4.99 Å². The summed E-state index contributed by atoms with van der Waals surface area (Å²) < 4.78 is 1.19. The lowest BCUT2D eigenvalue weighted by Crippen LogP contribution is -2.34. The third kappa shape index (κ3) is 4.79. The van der Waals surface area contributed by atoms with Gasteiger partial charge in [-0.15, -0.1) is 11.8 Å². The van der Waals surface area contributed by atoms with Gasteiger partial charge in [-0.1, -0.05) is 80.6 Å². The van der Waals surface area contributed by atoms with Crippen molar-refractivity contribution in [3.63, 3.8) is 0 Å². The van der Waals surface area contributed by atoms with Crippen molar-refractivity contribution in [3.05, 3.63) is 122 Å². The van der Waals surface area contributed by atoms with Gasteiger partial charge < -0.3 is 5.11 Å². The minimum atomic E-state index is -0.657. The second kappa shape index (κ2) is 10.0. The number of benzene rings is 3. The van der Waals surface area contributed by atoms with Crippen LogP contribution in [0.2, 0.25) is 0 Å². The third-order valence-electron chi connectivity index (χ3n) is 6.39. The smallest absolute Gasteiger partial charge is 0.331 e. The van der Waals surface area contributed by atoms with Gasteiger partial charge >= 0.3 is 5.69 Å². The zero-order valence-electron chi connectivity index (χ0n) is 20.1. The van der Waals surface area contributed by atoms with Gasteiger partial charge in [0.05, 0.1) is 17.9 Å². The summed E-state index contributed by atoms with van der Waals surface area (Å²) in [6, 6.07) is 25.6. The van der Waals surface area contributed by atoms with Crippen LogP contribution in [0.3, 0.4) is 0 Å².